The van der Waals surface area contributed by atoms with Crippen molar-refractivity contribution >= 4 is 17.1 Å². The fourth-order valence-corrected chi connectivity index (χ4v) is 3.37. The molecule has 1 aliphatic heterocycles. The number of benzene rings is 1. The third-order valence-electron chi connectivity index (χ3n) is 4.02. The Bertz CT molecular complexity index is 771. The number of methoxy groups -OCH3 is 1. The highest BCUT2D eigenvalue weighted by atomic mass is 32.1. The molecule has 24 heavy (non-hydrogen) atoms. The van der Waals surface area contributed by atoms with Gasteiger partial charge >= 0.3 is 0 Å². The molecule has 0 saturated heterocycles. The largest absolute Gasteiger partial charge is 0.501 e. The molecule has 126 valence electrons. The van der Waals surface area contributed by atoms with E-state index in [-0.39, 0.29) is 6.79 Å². The number of fused-ring (bicyclic) bond motifs is 1. The van der Waals surface area contributed by atoms with Crippen LogP contribution in [-0.2, 0) is 4.74 Å². The van der Waals surface area contributed by atoms with Crippen molar-refractivity contribution in [3.8, 4) is 22.8 Å². The summed E-state index contributed by atoms with van der Waals surface area (Å²) in [6.45, 7) is 4.52. The molecular formula is C19H21NO3S. The second-order valence-electron chi connectivity index (χ2n) is 5.38. The third kappa shape index (κ3) is 3.31. The van der Waals surface area contributed by atoms with Crippen LogP contribution in [0.4, 0.5) is 0 Å². The number of aromatic nitrogens is 1. The molecule has 0 amide bonds. The molecule has 0 spiro atoms. The second-order valence-corrected chi connectivity index (χ2v) is 6.01. The Kier molecular flexibility index (Phi) is 5.20. The third-order valence-corrected chi connectivity index (χ3v) is 4.65. The van der Waals surface area contributed by atoms with Gasteiger partial charge in [-0.1, -0.05) is 19.9 Å². The average Bonchev–Trinajstić information content (AvgIpc) is 3.27. The number of hydrogen-bond donors (Lipinski definition) is 0. The first-order valence-electron chi connectivity index (χ1n) is 8.05. The van der Waals surface area contributed by atoms with E-state index in [1.807, 2.05) is 24.3 Å². The van der Waals surface area contributed by atoms with Crippen molar-refractivity contribution in [2.45, 2.75) is 26.7 Å². The summed E-state index contributed by atoms with van der Waals surface area (Å²) in [5, 5.41) is 2.10. The molecule has 5 heteroatoms. The number of ether oxygens (including phenoxy) is 3. The molecule has 0 fully saturated rings. The quantitative estimate of drug-likeness (QED) is 0.529. The van der Waals surface area contributed by atoms with Crippen LogP contribution in [0.15, 0.2) is 41.5 Å². The Morgan fingerprint density at radius 1 is 1.21 bits per heavy atom. The molecular weight excluding hydrogens is 322 g/mol. The molecule has 0 saturated carbocycles. The van der Waals surface area contributed by atoms with Crippen molar-refractivity contribution in [3.63, 3.8) is 0 Å². The van der Waals surface area contributed by atoms with Crippen LogP contribution in [0.1, 0.15) is 32.3 Å². The van der Waals surface area contributed by atoms with Crippen LogP contribution in [-0.4, -0.2) is 18.3 Å². The number of allylic oxidation sites excluding steroid dienone is 4. The molecule has 0 bridgehead atoms. The summed E-state index contributed by atoms with van der Waals surface area (Å²) in [4.78, 5) is 0. The summed E-state index contributed by atoms with van der Waals surface area (Å²) in [5.41, 5.74) is 4.42. The molecule has 2 aromatic rings. The lowest BCUT2D eigenvalue weighted by atomic mass is 9.99. The van der Waals surface area contributed by atoms with E-state index < -0.39 is 0 Å². The van der Waals surface area contributed by atoms with Crippen LogP contribution in [0.3, 0.4) is 0 Å². The number of hydrogen-bond acceptors (Lipinski definition) is 5. The zero-order valence-corrected chi connectivity index (χ0v) is 15.0. The van der Waals surface area contributed by atoms with Gasteiger partial charge in [0, 0.05) is 22.9 Å². The lowest BCUT2D eigenvalue weighted by molar-refractivity contribution is 0.174. The summed E-state index contributed by atoms with van der Waals surface area (Å²) < 4.78 is 20.8. The Morgan fingerprint density at radius 3 is 2.79 bits per heavy atom. The predicted molar refractivity (Wildman–Crippen MR) is 97.3 cm³/mol. The summed E-state index contributed by atoms with van der Waals surface area (Å²) in [6, 6.07) is 5.97. The topological polar surface area (TPSA) is 40.6 Å². The molecule has 0 radical (unpaired) electrons. The fourth-order valence-electron chi connectivity index (χ4n) is 2.64. The smallest absolute Gasteiger partial charge is 0.231 e. The van der Waals surface area contributed by atoms with Gasteiger partial charge in [-0.05, 0) is 47.8 Å². The highest BCUT2D eigenvalue weighted by Gasteiger charge is 2.17. The summed E-state index contributed by atoms with van der Waals surface area (Å²) >= 11 is 1.47. The molecule has 0 unspecified atom stereocenters. The molecule has 2 heterocycles. The van der Waals surface area contributed by atoms with Crippen LogP contribution < -0.4 is 9.47 Å². The molecule has 3 rings (SSSR count). The summed E-state index contributed by atoms with van der Waals surface area (Å²) in [7, 11) is 1.71. The van der Waals surface area contributed by atoms with Gasteiger partial charge in [0.05, 0.1) is 18.6 Å². The van der Waals surface area contributed by atoms with Gasteiger partial charge in [0.2, 0.25) is 6.79 Å². The first-order chi connectivity index (χ1) is 11.8. The van der Waals surface area contributed by atoms with Gasteiger partial charge in [-0.15, -0.1) is 0 Å². The zero-order chi connectivity index (χ0) is 16.9. The van der Waals surface area contributed by atoms with Crippen molar-refractivity contribution in [1.82, 2.24) is 4.37 Å². The molecule has 0 N–H and O–H groups in total. The van der Waals surface area contributed by atoms with Gasteiger partial charge < -0.3 is 14.2 Å². The second kappa shape index (κ2) is 7.53. The van der Waals surface area contributed by atoms with E-state index in [2.05, 4.69) is 29.7 Å². The van der Waals surface area contributed by atoms with Crippen LogP contribution in [0.25, 0.3) is 16.8 Å². The monoisotopic (exact) mass is 343 g/mol. The van der Waals surface area contributed by atoms with E-state index in [4.69, 9.17) is 14.2 Å². The van der Waals surface area contributed by atoms with Gasteiger partial charge in [-0.2, -0.15) is 4.37 Å². The van der Waals surface area contributed by atoms with Gasteiger partial charge in [0.25, 0.3) is 0 Å². The number of nitrogens with zero attached hydrogens (tertiary/aromatic N) is 1. The van der Waals surface area contributed by atoms with E-state index >= 15 is 0 Å². The Morgan fingerprint density at radius 2 is 2.04 bits per heavy atom. The fraction of sp³-hybridized carbons (Fsp3) is 0.316. The first kappa shape index (κ1) is 16.6. The molecule has 1 aromatic carbocycles. The molecule has 1 aliphatic rings. The maximum atomic E-state index is 5.48. The number of rotatable bonds is 6. The van der Waals surface area contributed by atoms with E-state index in [1.54, 1.807) is 7.11 Å². The van der Waals surface area contributed by atoms with Crippen LogP contribution in [0, 0.1) is 0 Å². The Hall–Kier alpha value is -2.27. The molecule has 0 atom stereocenters. The van der Waals surface area contributed by atoms with Crippen molar-refractivity contribution in [1.29, 1.82) is 0 Å². The van der Waals surface area contributed by atoms with Crippen LogP contribution in [0.5, 0.6) is 11.5 Å². The lowest BCUT2D eigenvalue weighted by Crippen LogP contribution is -1.92. The van der Waals surface area contributed by atoms with Gasteiger partial charge in [-0.25, -0.2) is 0 Å². The summed E-state index contributed by atoms with van der Waals surface area (Å²) in [5.74, 6) is 2.53. The van der Waals surface area contributed by atoms with E-state index in [9.17, 15) is 0 Å². The van der Waals surface area contributed by atoms with Crippen molar-refractivity contribution in [2.24, 2.45) is 0 Å². The van der Waals surface area contributed by atoms with E-state index in [0.29, 0.717) is 0 Å². The van der Waals surface area contributed by atoms with Gasteiger partial charge in [0.15, 0.2) is 11.5 Å². The van der Waals surface area contributed by atoms with E-state index in [0.717, 1.165) is 46.9 Å². The van der Waals surface area contributed by atoms with Gasteiger partial charge in [0.1, 0.15) is 0 Å². The minimum absolute atomic E-state index is 0.282. The highest BCUT2D eigenvalue weighted by molar-refractivity contribution is 7.04. The zero-order valence-electron chi connectivity index (χ0n) is 14.2. The maximum Gasteiger partial charge on any atom is 0.231 e. The summed E-state index contributed by atoms with van der Waals surface area (Å²) in [6.07, 6.45) is 5.97. The highest BCUT2D eigenvalue weighted by Crippen LogP contribution is 2.38. The minimum Gasteiger partial charge on any atom is -0.501 e. The van der Waals surface area contributed by atoms with Crippen molar-refractivity contribution < 1.29 is 14.2 Å². The Labute approximate surface area is 146 Å². The molecule has 1 aromatic heterocycles. The maximum absolute atomic E-state index is 5.48. The molecule has 4 nitrogen and oxygen atoms in total. The SMILES string of the molecule is CC/C(=C\C=C(/CC)c1csnc1-c1ccc2c(c1)OCO2)OC. The van der Waals surface area contributed by atoms with Crippen LogP contribution in [0.2, 0.25) is 0 Å². The van der Waals surface area contributed by atoms with Crippen molar-refractivity contribution in [3.05, 3.63) is 47.1 Å². The Balaban J connectivity index is 1.97. The standard InChI is InChI=1S/C19H21NO3S/c1-4-13(6-8-15(5-2)21-3)16-11-24-20-19(16)14-7-9-17-18(10-14)23-12-22-17/h6-11H,4-5,12H2,1-3H3/b13-6+,15-8+. The minimum atomic E-state index is 0.282. The normalized spacial score (nSPS) is 14.1. The molecule has 0 aliphatic carbocycles. The average molecular weight is 343 g/mol. The van der Waals surface area contributed by atoms with E-state index in [1.165, 1.54) is 17.1 Å². The van der Waals surface area contributed by atoms with Gasteiger partial charge in [-0.3, -0.25) is 0 Å². The lowest BCUT2D eigenvalue weighted by Gasteiger charge is -2.07. The van der Waals surface area contributed by atoms with Crippen LogP contribution >= 0.6 is 11.5 Å². The first-order valence-corrected chi connectivity index (χ1v) is 8.89. The predicted octanol–water partition coefficient (Wildman–Crippen LogP) is 5.27. The van der Waals surface area contributed by atoms with Crippen molar-refractivity contribution in [2.75, 3.05) is 13.9 Å².